The molecule has 0 bridgehead atoms. The second-order valence-corrected chi connectivity index (χ2v) is 12.1. The summed E-state index contributed by atoms with van der Waals surface area (Å²) < 4.78 is 28.6. The van der Waals surface area contributed by atoms with Crippen molar-refractivity contribution in [2.75, 3.05) is 26.2 Å². The standard InChI is InChI=1S/C19H27N3O2S3/c1-15-5-10-25-18(15)27(23,24)22-9-4-7-19(14-22)6-3-8-21(13-19)11-17-12-26-16(2)20-17/h5,10,12H,3-4,6-9,11,13-14H2,1-2H3. The minimum absolute atomic E-state index is 0.0831. The van der Waals surface area contributed by atoms with E-state index in [1.54, 1.807) is 15.6 Å². The molecule has 1 unspecified atom stereocenters. The molecule has 1 atom stereocenters. The highest BCUT2D eigenvalue weighted by atomic mass is 32.2. The van der Waals surface area contributed by atoms with Crippen molar-refractivity contribution in [3.63, 3.8) is 0 Å². The summed E-state index contributed by atoms with van der Waals surface area (Å²) >= 11 is 3.04. The van der Waals surface area contributed by atoms with Gasteiger partial charge in [0.05, 0.1) is 10.7 Å². The minimum atomic E-state index is -3.38. The molecule has 2 aliphatic heterocycles. The number of thiophene rings is 1. The van der Waals surface area contributed by atoms with Gasteiger partial charge in [0.15, 0.2) is 0 Å². The fraction of sp³-hybridized carbons (Fsp3) is 0.632. The van der Waals surface area contributed by atoms with Gasteiger partial charge in [-0.15, -0.1) is 22.7 Å². The molecule has 0 amide bonds. The zero-order valence-corrected chi connectivity index (χ0v) is 18.4. The maximum Gasteiger partial charge on any atom is 0.252 e. The van der Waals surface area contributed by atoms with Crippen molar-refractivity contribution < 1.29 is 8.42 Å². The molecule has 5 nitrogen and oxygen atoms in total. The van der Waals surface area contributed by atoms with Crippen LogP contribution in [-0.4, -0.2) is 48.8 Å². The maximum absolute atomic E-state index is 13.2. The van der Waals surface area contributed by atoms with E-state index in [-0.39, 0.29) is 5.41 Å². The molecule has 4 rings (SSSR count). The van der Waals surface area contributed by atoms with Crippen LogP contribution in [0.4, 0.5) is 0 Å². The summed E-state index contributed by atoms with van der Waals surface area (Å²) in [7, 11) is -3.38. The summed E-state index contributed by atoms with van der Waals surface area (Å²) in [4.78, 5) is 7.08. The lowest BCUT2D eigenvalue weighted by Gasteiger charge is -2.48. The van der Waals surface area contributed by atoms with E-state index in [0.717, 1.165) is 61.6 Å². The van der Waals surface area contributed by atoms with Crippen molar-refractivity contribution in [1.29, 1.82) is 0 Å². The third-order valence-corrected chi connectivity index (χ3v) is 10.1. The fourth-order valence-corrected chi connectivity index (χ4v) is 8.34. The van der Waals surface area contributed by atoms with Gasteiger partial charge >= 0.3 is 0 Å². The van der Waals surface area contributed by atoms with E-state index in [2.05, 4.69) is 15.3 Å². The van der Waals surface area contributed by atoms with Crippen molar-refractivity contribution in [2.24, 2.45) is 5.41 Å². The van der Waals surface area contributed by atoms with Crippen LogP contribution in [0.1, 0.15) is 41.9 Å². The average Bonchev–Trinajstić information content (AvgIpc) is 3.23. The van der Waals surface area contributed by atoms with Crippen LogP contribution in [0, 0.1) is 19.3 Å². The molecule has 2 aromatic rings. The van der Waals surface area contributed by atoms with E-state index in [1.807, 2.05) is 25.3 Å². The summed E-state index contributed by atoms with van der Waals surface area (Å²) in [6.45, 7) is 8.16. The topological polar surface area (TPSA) is 53.5 Å². The van der Waals surface area contributed by atoms with E-state index < -0.39 is 10.0 Å². The Bertz CT molecular complexity index is 901. The molecule has 2 saturated heterocycles. The number of sulfonamides is 1. The second-order valence-electron chi connectivity index (χ2n) is 8.01. The van der Waals surface area contributed by atoms with Gasteiger partial charge in [0.25, 0.3) is 10.0 Å². The monoisotopic (exact) mass is 425 g/mol. The Hall–Kier alpha value is -0.800. The molecule has 0 radical (unpaired) electrons. The molecule has 2 fully saturated rings. The van der Waals surface area contributed by atoms with Crippen LogP contribution in [0.25, 0.3) is 0 Å². The lowest BCUT2D eigenvalue weighted by Crippen LogP contribution is -2.53. The Balaban J connectivity index is 1.50. The van der Waals surface area contributed by atoms with Gasteiger partial charge in [-0.2, -0.15) is 4.31 Å². The van der Waals surface area contributed by atoms with Gasteiger partial charge in [-0.1, -0.05) is 0 Å². The maximum atomic E-state index is 13.2. The Morgan fingerprint density at radius 1 is 1.15 bits per heavy atom. The van der Waals surface area contributed by atoms with Crippen LogP contribution in [0.2, 0.25) is 0 Å². The first-order valence-corrected chi connectivity index (χ1v) is 12.8. The molecule has 1 spiro atoms. The zero-order valence-electron chi connectivity index (χ0n) is 16.0. The number of piperidine rings is 2. The fourth-order valence-electron chi connectivity index (χ4n) is 4.60. The van der Waals surface area contributed by atoms with Gasteiger partial charge in [0, 0.05) is 31.6 Å². The van der Waals surface area contributed by atoms with Gasteiger partial charge in [0.1, 0.15) is 4.21 Å². The summed E-state index contributed by atoms with van der Waals surface area (Å²) in [6, 6.07) is 1.90. The highest BCUT2D eigenvalue weighted by Crippen LogP contribution is 2.41. The predicted octanol–water partition coefficient (Wildman–Crippen LogP) is 3.89. The van der Waals surface area contributed by atoms with Crippen molar-refractivity contribution in [3.8, 4) is 0 Å². The Kier molecular flexibility index (Phi) is 5.46. The van der Waals surface area contributed by atoms with E-state index in [4.69, 9.17) is 0 Å². The van der Waals surface area contributed by atoms with Crippen LogP contribution >= 0.6 is 22.7 Å². The summed E-state index contributed by atoms with van der Waals surface area (Å²) in [5, 5.41) is 5.13. The average molecular weight is 426 g/mol. The molecule has 2 aliphatic rings. The van der Waals surface area contributed by atoms with Crippen LogP contribution < -0.4 is 0 Å². The van der Waals surface area contributed by atoms with Crippen LogP contribution in [0.5, 0.6) is 0 Å². The molecule has 8 heteroatoms. The molecule has 0 saturated carbocycles. The normalized spacial score (nSPS) is 25.3. The number of hydrogen-bond acceptors (Lipinski definition) is 6. The number of aromatic nitrogens is 1. The number of rotatable bonds is 4. The third-order valence-electron chi connectivity index (χ3n) is 5.81. The molecular formula is C19H27N3O2S3. The lowest BCUT2D eigenvalue weighted by molar-refractivity contribution is 0.0357. The second kappa shape index (κ2) is 7.55. The molecule has 2 aromatic heterocycles. The van der Waals surface area contributed by atoms with Gasteiger partial charge in [-0.3, -0.25) is 4.90 Å². The first kappa shape index (κ1) is 19.5. The van der Waals surface area contributed by atoms with Crippen LogP contribution in [0.15, 0.2) is 21.0 Å². The Morgan fingerprint density at radius 3 is 2.59 bits per heavy atom. The largest absolute Gasteiger partial charge is 0.297 e. The highest BCUT2D eigenvalue weighted by molar-refractivity contribution is 7.91. The number of nitrogens with zero attached hydrogens (tertiary/aromatic N) is 3. The van der Waals surface area contributed by atoms with Crippen molar-refractivity contribution in [3.05, 3.63) is 33.1 Å². The first-order chi connectivity index (χ1) is 12.9. The van der Waals surface area contributed by atoms with Crippen LogP contribution in [-0.2, 0) is 16.6 Å². The minimum Gasteiger partial charge on any atom is -0.297 e. The molecule has 4 heterocycles. The van der Waals surface area contributed by atoms with Gasteiger partial charge < -0.3 is 0 Å². The van der Waals surface area contributed by atoms with E-state index in [9.17, 15) is 8.42 Å². The van der Waals surface area contributed by atoms with E-state index >= 15 is 0 Å². The lowest BCUT2D eigenvalue weighted by atomic mass is 9.74. The third kappa shape index (κ3) is 4.00. The van der Waals surface area contributed by atoms with Gasteiger partial charge in [-0.05, 0) is 68.5 Å². The molecule has 0 N–H and O–H groups in total. The quantitative estimate of drug-likeness (QED) is 0.746. The van der Waals surface area contributed by atoms with Crippen molar-refractivity contribution in [1.82, 2.24) is 14.2 Å². The van der Waals surface area contributed by atoms with E-state index in [0.29, 0.717) is 17.3 Å². The number of likely N-dealkylation sites (tertiary alicyclic amines) is 1. The number of aryl methyl sites for hydroxylation is 2. The Morgan fingerprint density at radius 2 is 1.93 bits per heavy atom. The highest BCUT2D eigenvalue weighted by Gasteiger charge is 2.43. The summed E-state index contributed by atoms with van der Waals surface area (Å²) in [5.41, 5.74) is 2.09. The molecular weight excluding hydrogens is 398 g/mol. The smallest absolute Gasteiger partial charge is 0.252 e. The zero-order chi connectivity index (χ0) is 19.1. The number of hydrogen-bond donors (Lipinski definition) is 0. The summed E-state index contributed by atoms with van der Waals surface area (Å²) in [5.74, 6) is 0. The Labute approximate surface area is 170 Å². The molecule has 27 heavy (non-hydrogen) atoms. The van der Waals surface area contributed by atoms with Crippen molar-refractivity contribution >= 4 is 32.7 Å². The van der Waals surface area contributed by atoms with Gasteiger partial charge in [0.2, 0.25) is 0 Å². The van der Waals surface area contributed by atoms with Crippen LogP contribution in [0.3, 0.4) is 0 Å². The molecule has 148 valence electrons. The van der Waals surface area contributed by atoms with Gasteiger partial charge in [-0.25, -0.2) is 13.4 Å². The number of thiazole rings is 1. The van der Waals surface area contributed by atoms with Crippen molar-refractivity contribution in [2.45, 2.75) is 50.3 Å². The predicted molar refractivity (Wildman–Crippen MR) is 111 cm³/mol. The molecule has 0 aliphatic carbocycles. The first-order valence-electron chi connectivity index (χ1n) is 9.56. The molecule has 0 aromatic carbocycles. The van der Waals surface area contributed by atoms with E-state index in [1.165, 1.54) is 11.3 Å². The SMILES string of the molecule is Cc1nc(CN2CCCC3(CCCN(S(=O)(=O)c4sccc4C)C3)C2)cs1. The summed E-state index contributed by atoms with van der Waals surface area (Å²) in [6.07, 6.45) is 4.33.